The lowest BCUT2D eigenvalue weighted by atomic mass is 9.98. The number of amides is 1. The van der Waals surface area contributed by atoms with Crippen molar-refractivity contribution in [2.24, 2.45) is 0 Å². The molecule has 0 unspecified atom stereocenters. The van der Waals surface area contributed by atoms with Crippen LogP contribution < -0.4 is 5.32 Å². The first kappa shape index (κ1) is 20.1. The third kappa shape index (κ3) is 4.63. The number of benzene rings is 2. The van der Waals surface area contributed by atoms with E-state index in [2.05, 4.69) is 11.9 Å². The van der Waals surface area contributed by atoms with Gasteiger partial charge >= 0.3 is 18.0 Å². The van der Waals surface area contributed by atoms with Crippen LogP contribution in [0.2, 0.25) is 0 Å². The van der Waals surface area contributed by atoms with E-state index in [-0.39, 0.29) is 19.1 Å². The minimum absolute atomic E-state index is 0.0316. The van der Waals surface area contributed by atoms with Gasteiger partial charge in [-0.05, 0) is 22.3 Å². The Morgan fingerprint density at radius 2 is 1.62 bits per heavy atom. The molecular weight excluding hydrogens is 374 g/mol. The summed E-state index contributed by atoms with van der Waals surface area (Å²) in [7, 11) is 0. The van der Waals surface area contributed by atoms with Gasteiger partial charge in [-0.2, -0.15) is 0 Å². The van der Waals surface area contributed by atoms with Crippen molar-refractivity contribution in [3.8, 4) is 11.1 Å². The number of esters is 1. The Balaban J connectivity index is 1.63. The molecule has 1 amide bonds. The topological polar surface area (TPSA) is 102 Å². The average molecular weight is 395 g/mol. The maximum Gasteiger partial charge on any atom is 0.407 e. The minimum atomic E-state index is -1.44. The van der Waals surface area contributed by atoms with Gasteiger partial charge < -0.3 is 19.9 Å². The fourth-order valence-corrected chi connectivity index (χ4v) is 3.36. The summed E-state index contributed by atoms with van der Waals surface area (Å²) in [5.41, 5.74) is 4.27. The number of carboxylic acids is 1. The molecule has 2 N–H and O–H groups in total. The molecular formula is C22H21NO6. The highest BCUT2D eigenvalue weighted by Crippen LogP contribution is 2.44. The van der Waals surface area contributed by atoms with Gasteiger partial charge in [-0.15, -0.1) is 0 Å². The van der Waals surface area contributed by atoms with Crippen LogP contribution in [0.5, 0.6) is 0 Å². The Bertz CT molecular complexity index is 893. The van der Waals surface area contributed by atoms with Gasteiger partial charge in [0.25, 0.3) is 0 Å². The highest BCUT2D eigenvalue weighted by atomic mass is 16.6. The van der Waals surface area contributed by atoms with E-state index < -0.39 is 30.5 Å². The number of fused-ring (bicyclic) bond motifs is 3. The lowest BCUT2D eigenvalue weighted by Gasteiger charge is -2.17. The highest BCUT2D eigenvalue weighted by molar-refractivity contribution is 5.85. The number of carbonyl (C=O) groups excluding carboxylic acids is 2. The summed E-state index contributed by atoms with van der Waals surface area (Å²) in [5, 5.41) is 11.4. The third-order valence-electron chi connectivity index (χ3n) is 4.67. The number of carboxylic acid groups (broad SMARTS) is 1. The molecule has 1 atom stereocenters. The molecule has 7 nitrogen and oxygen atoms in total. The summed E-state index contributed by atoms with van der Waals surface area (Å²) in [4.78, 5) is 35.1. The number of aliphatic carboxylic acids is 1. The van der Waals surface area contributed by atoms with Gasteiger partial charge in [-0.1, -0.05) is 61.2 Å². The SMILES string of the molecule is C=CCOC(=O)C[C@H](NC(=O)OCC1c2ccccc2-c2ccccc21)C(=O)O. The van der Waals surface area contributed by atoms with Gasteiger partial charge in [0.2, 0.25) is 0 Å². The fraction of sp³-hybridized carbons (Fsp3) is 0.227. The fourth-order valence-electron chi connectivity index (χ4n) is 3.36. The summed E-state index contributed by atoms with van der Waals surface area (Å²) in [6.45, 7) is 3.42. The normalized spacial score (nSPS) is 13.0. The smallest absolute Gasteiger partial charge is 0.407 e. The Kier molecular flexibility index (Phi) is 6.29. The van der Waals surface area contributed by atoms with E-state index >= 15 is 0 Å². The summed E-state index contributed by atoms with van der Waals surface area (Å²) in [6, 6.07) is 14.3. The Hall–Kier alpha value is -3.61. The van der Waals surface area contributed by atoms with Crippen LogP contribution in [0.4, 0.5) is 4.79 Å². The number of nitrogens with one attached hydrogen (secondary N) is 1. The van der Waals surface area contributed by atoms with Gasteiger partial charge in [0, 0.05) is 5.92 Å². The van der Waals surface area contributed by atoms with E-state index in [0.29, 0.717) is 0 Å². The first-order valence-electron chi connectivity index (χ1n) is 9.12. The third-order valence-corrected chi connectivity index (χ3v) is 4.67. The molecule has 0 aromatic heterocycles. The second kappa shape index (κ2) is 9.05. The minimum Gasteiger partial charge on any atom is -0.480 e. The van der Waals surface area contributed by atoms with E-state index in [4.69, 9.17) is 9.47 Å². The molecule has 0 heterocycles. The Labute approximate surface area is 167 Å². The largest absolute Gasteiger partial charge is 0.480 e. The van der Waals surface area contributed by atoms with E-state index in [1.54, 1.807) is 0 Å². The molecule has 3 rings (SSSR count). The molecule has 0 aliphatic heterocycles. The average Bonchev–Trinajstić information content (AvgIpc) is 3.04. The molecule has 1 aliphatic carbocycles. The second-order valence-corrected chi connectivity index (χ2v) is 6.54. The van der Waals surface area contributed by atoms with Gasteiger partial charge in [0.05, 0.1) is 6.42 Å². The van der Waals surface area contributed by atoms with Crippen LogP contribution in [-0.4, -0.2) is 42.4 Å². The molecule has 0 bridgehead atoms. The maximum atomic E-state index is 12.2. The van der Waals surface area contributed by atoms with Crippen LogP contribution in [0, 0.1) is 0 Å². The van der Waals surface area contributed by atoms with Gasteiger partial charge in [0.15, 0.2) is 0 Å². The van der Waals surface area contributed by atoms with Crippen molar-refractivity contribution in [2.45, 2.75) is 18.4 Å². The summed E-state index contributed by atoms with van der Waals surface area (Å²) < 4.78 is 10.1. The first-order valence-corrected chi connectivity index (χ1v) is 9.12. The molecule has 2 aromatic rings. The van der Waals surface area contributed by atoms with Gasteiger partial charge in [-0.25, -0.2) is 9.59 Å². The molecule has 0 radical (unpaired) electrons. The molecule has 0 fully saturated rings. The van der Waals surface area contributed by atoms with Crippen LogP contribution in [0.15, 0.2) is 61.2 Å². The predicted octanol–water partition coefficient (Wildman–Crippen LogP) is 3.10. The second-order valence-electron chi connectivity index (χ2n) is 6.54. The zero-order valence-electron chi connectivity index (χ0n) is 15.7. The van der Waals surface area contributed by atoms with E-state index in [0.717, 1.165) is 22.3 Å². The molecule has 150 valence electrons. The molecule has 0 saturated carbocycles. The van der Waals surface area contributed by atoms with Crippen LogP contribution in [0.25, 0.3) is 11.1 Å². The molecule has 0 spiro atoms. The quantitative estimate of drug-likeness (QED) is 0.526. The van der Waals surface area contributed by atoms with Crippen molar-refractivity contribution in [3.63, 3.8) is 0 Å². The van der Waals surface area contributed by atoms with Crippen molar-refractivity contribution in [1.82, 2.24) is 5.32 Å². The van der Waals surface area contributed by atoms with Gasteiger partial charge in [0.1, 0.15) is 19.3 Å². The van der Waals surface area contributed by atoms with Crippen molar-refractivity contribution < 1.29 is 29.0 Å². The monoisotopic (exact) mass is 395 g/mol. The standard InChI is InChI=1S/C22H21NO6/c1-2-11-28-20(24)12-19(21(25)26)23-22(27)29-13-18-16-9-5-3-7-14(16)15-8-4-6-10-17(15)18/h2-10,18-19H,1,11-13H2,(H,23,27)(H,25,26)/t19-/m0/s1. The van der Waals surface area contributed by atoms with E-state index in [1.807, 2.05) is 48.5 Å². The van der Waals surface area contributed by atoms with Crippen LogP contribution in [-0.2, 0) is 19.1 Å². The van der Waals surface area contributed by atoms with E-state index in [1.165, 1.54) is 6.08 Å². The Morgan fingerprint density at radius 1 is 1.03 bits per heavy atom. The number of rotatable bonds is 8. The number of hydrogen-bond donors (Lipinski definition) is 2. The number of ether oxygens (including phenoxy) is 2. The zero-order valence-corrected chi connectivity index (χ0v) is 15.7. The van der Waals surface area contributed by atoms with Crippen molar-refractivity contribution >= 4 is 18.0 Å². The number of alkyl carbamates (subject to hydrolysis) is 1. The predicted molar refractivity (Wildman–Crippen MR) is 105 cm³/mol. The summed E-state index contributed by atoms with van der Waals surface area (Å²) in [6.07, 6.45) is -0.0456. The number of hydrogen-bond acceptors (Lipinski definition) is 5. The van der Waals surface area contributed by atoms with Crippen LogP contribution in [0.3, 0.4) is 0 Å². The van der Waals surface area contributed by atoms with Crippen molar-refractivity contribution in [3.05, 3.63) is 72.3 Å². The lowest BCUT2D eigenvalue weighted by molar-refractivity contribution is -0.148. The summed E-state index contributed by atoms with van der Waals surface area (Å²) >= 11 is 0. The van der Waals surface area contributed by atoms with Crippen LogP contribution >= 0.6 is 0 Å². The summed E-state index contributed by atoms with van der Waals surface area (Å²) in [5.74, 6) is -2.25. The molecule has 2 aromatic carbocycles. The highest BCUT2D eigenvalue weighted by Gasteiger charge is 2.30. The van der Waals surface area contributed by atoms with Crippen molar-refractivity contribution in [2.75, 3.05) is 13.2 Å². The van der Waals surface area contributed by atoms with Gasteiger partial charge in [-0.3, -0.25) is 4.79 Å². The first-order chi connectivity index (χ1) is 14.0. The molecule has 1 aliphatic rings. The Morgan fingerprint density at radius 3 is 2.17 bits per heavy atom. The molecule has 0 saturated heterocycles. The van der Waals surface area contributed by atoms with E-state index in [9.17, 15) is 19.5 Å². The molecule has 7 heteroatoms. The maximum absolute atomic E-state index is 12.2. The van der Waals surface area contributed by atoms with Crippen molar-refractivity contribution in [1.29, 1.82) is 0 Å². The lowest BCUT2D eigenvalue weighted by Crippen LogP contribution is -2.43. The number of carbonyl (C=O) groups is 3. The molecule has 29 heavy (non-hydrogen) atoms. The zero-order chi connectivity index (χ0) is 20.8. The van der Waals surface area contributed by atoms with Crippen LogP contribution in [0.1, 0.15) is 23.5 Å².